The lowest BCUT2D eigenvalue weighted by molar-refractivity contribution is 0.304. The van der Waals surface area contributed by atoms with Crippen LogP contribution in [0.25, 0.3) is 0 Å². The number of aromatic nitrogens is 1. The summed E-state index contributed by atoms with van der Waals surface area (Å²) in [6.07, 6.45) is 2.84. The van der Waals surface area contributed by atoms with E-state index in [4.69, 9.17) is 4.42 Å². The van der Waals surface area contributed by atoms with E-state index in [1.807, 2.05) is 6.20 Å². The number of oxazole rings is 1. The number of hydrogen-bond acceptors (Lipinski definition) is 3. The van der Waals surface area contributed by atoms with Crippen molar-refractivity contribution in [2.45, 2.75) is 32.6 Å². The highest BCUT2D eigenvalue weighted by atomic mass is 16.4. The molecule has 0 bridgehead atoms. The Kier molecular flexibility index (Phi) is 2.35. The van der Waals surface area contributed by atoms with Gasteiger partial charge >= 0.3 is 0 Å². The summed E-state index contributed by atoms with van der Waals surface area (Å²) in [5, 5.41) is 3.25. The molecule has 1 aromatic rings. The van der Waals surface area contributed by atoms with Crippen molar-refractivity contribution in [2.75, 3.05) is 13.1 Å². The topological polar surface area (TPSA) is 38.1 Å². The maximum Gasteiger partial charge on any atom is 0.194 e. The largest absolute Gasteiger partial charge is 0.445 e. The molecule has 1 aliphatic heterocycles. The van der Waals surface area contributed by atoms with Gasteiger partial charge in [0.25, 0.3) is 0 Å². The summed E-state index contributed by atoms with van der Waals surface area (Å²) in [4.78, 5) is 4.31. The van der Waals surface area contributed by atoms with Crippen molar-refractivity contribution in [3.63, 3.8) is 0 Å². The SMILES string of the molecule is CC(C)(C)c1cnc(CC2CNC2)o1. The summed E-state index contributed by atoms with van der Waals surface area (Å²) >= 11 is 0. The molecule has 3 nitrogen and oxygen atoms in total. The minimum Gasteiger partial charge on any atom is -0.445 e. The van der Waals surface area contributed by atoms with Gasteiger partial charge in [0.2, 0.25) is 0 Å². The molecule has 1 fully saturated rings. The molecule has 0 atom stereocenters. The highest BCUT2D eigenvalue weighted by Gasteiger charge is 2.22. The van der Waals surface area contributed by atoms with Crippen LogP contribution in [0.4, 0.5) is 0 Å². The Morgan fingerprint density at radius 2 is 2.21 bits per heavy atom. The Morgan fingerprint density at radius 3 is 2.64 bits per heavy atom. The Hall–Kier alpha value is -0.830. The van der Waals surface area contributed by atoms with E-state index in [0.29, 0.717) is 0 Å². The molecule has 78 valence electrons. The summed E-state index contributed by atoms with van der Waals surface area (Å²) < 4.78 is 5.72. The van der Waals surface area contributed by atoms with Crippen LogP contribution >= 0.6 is 0 Å². The van der Waals surface area contributed by atoms with Crippen LogP contribution in [0.1, 0.15) is 32.4 Å². The predicted molar refractivity (Wildman–Crippen MR) is 55.3 cm³/mol. The lowest BCUT2D eigenvalue weighted by Gasteiger charge is -2.25. The van der Waals surface area contributed by atoms with E-state index < -0.39 is 0 Å². The molecule has 14 heavy (non-hydrogen) atoms. The fraction of sp³-hybridized carbons (Fsp3) is 0.727. The molecule has 2 rings (SSSR count). The highest BCUT2D eigenvalue weighted by Crippen LogP contribution is 2.23. The molecule has 1 saturated heterocycles. The van der Waals surface area contributed by atoms with Crippen molar-refractivity contribution in [1.82, 2.24) is 10.3 Å². The van der Waals surface area contributed by atoms with Gasteiger partial charge in [0.15, 0.2) is 5.89 Å². The van der Waals surface area contributed by atoms with Crippen molar-refractivity contribution < 1.29 is 4.42 Å². The molecule has 1 N–H and O–H groups in total. The van der Waals surface area contributed by atoms with Crippen LogP contribution in [0.5, 0.6) is 0 Å². The standard InChI is InChI=1S/C11H18N2O/c1-11(2,3)9-7-13-10(14-9)4-8-5-12-6-8/h7-8,12H,4-6H2,1-3H3. The van der Waals surface area contributed by atoms with Crippen LogP contribution < -0.4 is 5.32 Å². The molecule has 0 aliphatic carbocycles. The number of rotatable bonds is 2. The number of nitrogens with zero attached hydrogens (tertiary/aromatic N) is 1. The van der Waals surface area contributed by atoms with Gasteiger partial charge in [-0.1, -0.05) is 20.8 Å². The maximum absolute atomic E-state index is 5.72. The lowest BCUT2D eigenvalue weighted by Crippen LogP contribution is -2.43. The molecule has 0 saturated carbocycles. The fourth-order valence-electron chi connectivity index (χ4n) is 1.49. The van der Waals surface area contributed by atoms with E-state index in [9.17, 15) is 0 Å². The molecule has 0 amide bonds. The van der Waals surface area contributed by atoms with Gasteiger partial charge in [0.05, 0.1) is 6.20 Å². The molecular formula is C11H18N2O. The third-order valence-electron chi connectivity index (χ3n) is 2.62. The summed E-state index contributed by atoms with van der Waals surface area (Å²) in [5.41, 5.74) is 0.0725. The third-order valence-corrected chi connectivity index (χ3v) is 2.62. The minimum absolute atomic E-state index is 0.0725. The van der Waals surface area contributed by atoms with Gasteiger partial charge in [-0.25, -0.2) is 4.98 Å². The van der Waals surface area contributed by atoms with Gasteiger partial charge < -0.3 is 9.73 Å². The second-order valence-electron chi connectivity index (χ2n) is 5.10. The second kappa shape index (κ2) is 3.39. The van der Waals surface area contributed by atoms with Crippen LogP contribution in [0.3, 0.4) is 0 Å². The smallest absolute Gasteiger partial charge is 0.194 e. The first-order valence-electron chi connectivity index (χ1n) is 5.21. The Labute approximate surface area is 84.9 Å². The van der Waals surface area contributed by atoms with E-state index >= 15 is 0 Å². The first kappa shape index (κ1) is 9.71. The molecule has 0 spiro atoms. The Balaban J connectivity index is 2.02. The van der Waals surface area contributed by atoms with Crippen molar-refractivity contribution >= 4 is 0 Å². The molecule has 0 unspecified atom stereocenters. The van der Waals surface area contributed by atoms with E-state index in [-0.39, 0.29) is 5.41 Å². The first-order valence-corrected chi connectivity index (χ1v) is 5.21. The normalized spacial score (nSPS) is 18.2. The quantitative estimate of drug-likeness (QED) is 0.779. The molecular weight excluding hydrogens is 176 g/mol. The summed E-state index contributed by atoms with van der Waals surface area (Å²) in [5.74, 6) is 2.60. The summed E-state index contributed by atoms with van der Waals surface area (Å²) in [6, 6.07) is 0. The van der Waals surface area contributed by atoms with Crippen LogP contribution in [0.2, 0.25) is 0 Å². The second-order valence-corrected chi connectivity index (χ2v) is 5.10. The van der Waals surface area contributed by atoms with Gasteiger partial charge in [-0.15, -0.1) is 0 Å². The lowest BCUT2D eigenvalue weighted by atomic mass is 9.94. The van der Waals surface area contributed by atoms with Crippen molar-refractivity contribution in [3.05, 3.63) is 17.8 Å². The van der Waals surface area contributed by atoms with Crippen LogP contribution in [0.15, 0.2) is 10.6 Å². The van der Waals surface area contributed by atoms with Crippen LogP contribution in [0, 0.1) is 5.92 Å². The first-order chi connectivity index (χ1) is 6.55. The monoisotopic (exact) mass is 194 g/mol. The van der Waals surface area contributed by atoms with E-state index in [1.165, 1.54) is 0 Å². The summed E-state index contributed by atoms with van der Waals surface area (Å²) in [7, 11) is 0. The zero-order chi connectivity index (χ0) is 10.2. The molecule has 3 heteroatoms. The zero-order valence-electron chi connectivity index (χ0n) is 9.13. The zero-order valence-corrected chi connectivity index (χ0v) is 9.13. The van der Waals surface area contributed by atoms with Gasteiger partial charge in [-0.2, -0.15) is 0 Å². The average molecular weight is 194 g/mol. The van der Waals surface area contributed by atoms with Crippen molar-refractivity contribution in [3.8, 4) is 0 Å². The Morgan fingerprint density at radius 1 is 1.50 bits per heavy atom. The van der Waals surface area contributed by atoms with Crippen molar-refractivity contribution in [1.29, 1.82) is 0 Å². The van der Waals surface area contributed by atoms with Gasteiger partial charge in [0.1, 0.15) is 5.76 Å². The molecule has 1 aliphatic rings. The molecule has 0 radical (unpaired) electrons. The van der Waals surface area contributed by atoms with Crippen molar-refractivity contribution in [2.24, 2.45) is 5.92 Å². The predicted octanol–water partition coefficient (Wildman–Crippen LogP) is 1.73. The van der Waals surface area contributed by atoms with Gasteiger partial charge in [0, 0.05) is 11.8 Å². The van der Waals surface area contributed by atoms with E-state index in [1.54, 1.807) is 0 Å². The fourth-order valence-corrected chi connectivity index (χ4v) is 1.49. The molecule has 1 aromatic heterocycles. The maximum atomic E-state index is 5.72. The highest BCUT2D eigenvalue weighted by molar-refractivity contribution is 5.06. The molecule has 0 aromatic carbocycles. The number of hydrogen-bond donors (Lipinski definition) is 1. The van der Waals surface area contributed by atoms with E-state index in [2.05, 4.69) is 31.1 Å². The van der Waals surface area contributed by atoms with Gasteiger partial charge in [-0.3, -0.25) is 0 Å². The van der Waals surface area contributed by atoms with Gasteiger partial charge in [-0.05, 0) is 19.0 Å². The van der Waals surface area contributed by atoms with Crippen LogP contribution in [-0.2, 0) is 11.8 Å². The Bertz CT molecular complexity index is 307. The van der Waals surface area contributed by atoms with E-state index in [0.717, 1.165) is 37.1 Å². The molecule has 2 heterocycles. The number of nitrogens with one attached hydrogen (secondary N) is 1. The van der Waals surface area contributed by atoms with Crippen LogP contribution in [-0.4, -0.2) is 18.1 Å². The summed E-state index contributed by atoms with van der Waals surface area (Å²) in [6.45, 7) is 8.63. The minimum atomic E-state index is 0.0725. The average Bonchev–Trinajstić information content (AvgIpc) is 2.43. The third kappa shape index (κ3) is 1.98.